The van der Waals surface area contributed by atoms with E-state index in [1.807, 2.05) is 0 Å². The van der Waals surface area contributed by atoms with Gasteiger partial charge in [-0.3, -0.25) is 18.6 Å². The predicted molar refractivity (Wildman–Crippen MR) is 242 cm³/mol. The number of esters is 1. The molecule has 0 aromatic rings. The molecule has 0 aliphatic heterocycles. The Hall–Kier alpha value is -2.81. The van der Waals surface area contributed by atoms with E-state index in [0.717, 1.165) is 70.6 Å². The van der Waals surface area contributed by atoms with E-state index in [9.17, 15) is 24.2 Å². The quantitative estimate of drug-likeness (QED) is 0.0240. The highest BCUT2D eigenvalue weighted by Gasteiger charge is 2.23. The zero-order valence-corrected chi connectivity index (χ0v) is 37.4. The third-order valence-corrected chi connectivity index (χ3v) is 10.1. The van der Waals surface area contributed by atoms with Gasteiger partial charge in [0.2, 0.25) is 5.91 Å². The molecule has 0 radical (unpaired) electrons. The highest BCUT2D eigenvalue weighted by Crippen LogP contribution is 2.42. The molecule has 0 rings (SSSR count). The molecule has 9 nitrogen and oxygen atoms in total. The largest absolute Gasteiger partial charge is 0.472 e. The van der Waals surface area contributed by atoms with Gasteiger partial charge in [-0.05, 0) is 64.2 Å². The predicted octanol–water partition coefficient (Wildman–Crippen LogP) is 12.8. The molecule has 3 N–H and O–H groups in total. The van der Waals surface area contributed by atoms with Crippen molar-refractivity contribution in [2.24, 2.45) is 0 Å². The minimum absolute atomic E-state index is 0.0463. The minimum atomic E-state index is -4.44. The number of aliphatic hydroxyl groups excluding tert-OH is 1. The molecule has 0 aromatic carbocycles. The summed E-state index contributed by atoms with van der Waals surface area (Å²) >= 11 is 0. The van der Waals surface area contributed by atoms with Crippen LogP contribution in [0.15, 0.2) is 85.1 Å². The van der Waals surface area contributed by atoms with Gasteiger partial charge in [0.15, 0.2) is 0 Å². The Morgan fingerprint density at radius 2 is 0.983 bits per heavy atom. The lowest BCUT2D eigenvalue weighted by molar-refractivity contribution is -0.147. The first-order valence-electron chi connectivity index (χ1n) is 22.6. The van der Waals surface area contributed by atoms with E-state index in [1.165, 1.54) is 70.6 Å². The van der Waals surface area contributed by atoms with Crippen molar-refractivity contribution in [2.45, 2.75) is 180 Å². The van der Waals surface area contributed by atoms with Gasteiger partial charge in [-0.15, -0.1) is 0 Å². The van der Waals surface area contributed by atoms with E-state index < -0.39 is 26.5 Å². The molecule has 2 unspecified atom stereocenters. The highest BCUT2D eigenvalue weighted by molar-refractivity contribution is 7.47. The first-order valence-corrected chi connectivity index (χ1v) is 24.1. The summed E-state index contributed by atoms with van der Waals surface area (Å²) in [5.41, 5.74) is 0. The number of aliphatic hydroxyl groups is 1. The molecule has 0 aromatic heterocycles. The molecule has 332 valence electrons. The van der Waals surface area contributed by atoms with Crippen LogP contribution in [0, 0.1) is 0 Å². The second-order valence-corrected chi connectivity index (χ2v) is 16.1. The first kappa shape index (κ1) is 55.2. The molecule has 58 heavy (non-hydrogen) atoms. The molecule has 2 atom stereocenters. The average molecular weight is 832 g/mol. The fourth-order valence-corrected chi connectivity index (χ4v) is 6.48. The Labute approximate surface area is 353 Å². The summed E-state index contributed by atoms with van der Waals surface area (Å²) in [6, 6.07) is 0. The van der Waals surface area contributed by atoms with Crippen molar-refractivity contribution in [3.63, 3.8) is 0 Å². The minimum Gasteiger partial charge on any atom is -0.463 e. The fourth-order valence-electron chi connectivity index (χ4n) is 5.72. The van der Waals surface area contributed by atoms with Gasteiger partial charge in [-0.25, -0.2) is 4.57 Å². The summed E-state index contributed by atoms with van der Waals surface area (Å²) in [4.78, 5) is 33.9. The second kappa shape index (κ2) is 43.8. The first-order chi connectivity index (χ1) is 28.3. The number of phosphoric acid groups is 1. The van der Waals surface area contributed by atoms with Crippen molar-refractivity contribution < 1.29 is 37.9 Å². The molecule has 0 aliphatic rings. The summed E-state index contributed by atoms with van der Waals surface area (Å²) in [7, 11) is -4.44. The molecule has 0 aliphatic carbocycles. The van der Waals surface area contributed by atoms with Crippen LogP contribution in [0.1, 0.15) is 174 Å². The van der Waals surface area contributed by atoms with Crippen molar-refractivity contribution >= 4 is 19.7 Å². The number of hydrogen-bond donors (Lipinski definition) is 3. The van der Waals surface area contributed by atoms with Gasteiger partial charge in [0.25, 0.3) is 0 Å². The van der Waals surface area contributed by atoms with Crippen LogP contribution >= 0.6 is 7.82 Å². The standard InChI is InChI=1S/C48H82NO8P/c1-3-5-7-9-11-13-15-17-19-20-21-22-23-24-25-26-27-28-30-32-34-36-38-40-47(51)49-42-43-56-58(53,54)57-45-46(50)44-55-48(52)41-39-37-35-33-31-29-18-16-14-12-10-8-6-4-2/h5,7,11,13,17,19,21-22,24-25,27-28,32,34,46,50H,3-4,6,8-10,12,14-16,18,20,23,26,29-31,33,35-45H2,1-2H3,(H,49,51)(H,53,54)/b7-5-,13-11-,19-17-,22-21-,25-24-,28-27-,34-32-. The van der Waals surface area contributed by atoms with Gasteiger partial charge in [0, 0.05) is 19.4 Å². The highest BCUT2D eigenvalue weighted by atomic mass is 31.2. The van der Waals surface area contributed by atoms with Crippen LogP contribution in [0.25, 0.3) is 0 Å². The van der Waals surface area contributed by atoms with Gasteiger partial charge in [0.05, 0.1) is 13.2 Å². The normalized spacial score (nSPS) is 14.1. The number of hydrogen-bond acceptors (Lipinski definition) is 7. The topological polar surface area (TPSA) is 131 Å². The van der Waals surface area contributed by atoms with Crippen molar-refractivity contribution in [3.05, 3.63) is 85.1 Å². The van der Waals surface area contributed by atoms with E-state index in [1.54, 1.807) is 0 Å². The van der Waals surface area contributed by atoms with Crippen LogP contribution in [-0.2, 0) is 27.9 Å². The number of allylic oxidation sites excluding steroid dienone is 14. The number of carbonyl (C=O) groups excluding carboxylic acids is 2. The van der Waals surface area contributed by atoms with Crippen LogP contribution in [-0.4, -0.2) is 54.3 Å². The number of carbonyl (C=O) groups is 2. The number of phosphoric ester groups is 1. The summed E-state index contributed by atoms with van der Waals surface area (Å²) in [6.45, 7) is 3.36. The zero-order valence-electron chi connectivity index (χ0n) is 36.5. The van der Waals surface area contributed by atoms with Crippen LogP contribution < -0.4 is 5.32 Å². The maximum atomic E-state index is 12.1. The van der Waals surface area contributed by atoms with E-state index >= 15 is 0 Å². The number of ether oxygens (including phenoxy) is 1. The summed E-state index contributed by atoms with van der Waals surface area (Å²) < 4.78 is 26.9. The third kappa shape index (κ3) is 44.3. The Morgan fingerprint density at radius 3 is 1.45 bits per heavy atom. The molecule has 0 spiro atoms. The van der Waals surface area contributed by atoms with E-state index in [-0.39, 0.29) is 32.1 Å². The van der Waals surface area contributed by atoms with Crippen molar-refractivity contribution in [2.75, 3.05) is 26.4 Å². The van der Waals surface area contributed by atoms with Gasteiger partial charge in [-0.2, -0.15) is 0 Å². The lowest BCUT2D eigenvalue weighted by atomic mass is 10.0. The molecular weight excluding hydrogens is 750 g/mol. The van der Waals surface area contributed by atoms with E-state index in [0.29, 0.717) is 12.8 Å². The maximum absolute atomic E-state index is 12.1. The van der Waals surface area contributed by atoms with Crippen molar-refractivity contribution in [3.8, 4) is 0 Å². The summed E-state index contributed by atoms with van der Waals surface area (Å²) in [5, 5.41) is 12.7. The average Bonchev–Trinajstić information content (AvgIpc) is 3.21. The van der Waals surface area contributed by atoms with Crippen LogP contribution in [0.5, 0.6) is 0 Å². The lowest BCUT2D eigenvalue weighted by Crippen LogP contribution is -2.27. The summed E-state index contributed by atoms with van der Waals surface area (Å²) in [6.07, 6.45) is 55.2. The number of amides is 1. The van der Waals surface area contributed by atoms with E-state index in [2.05, 4.69) is 104 Å². The molecule has 0 saturated carbocycles. The molecule has 10 heteroatoms. The molecule has 0 fully saturated rings. The number of nitrogens with one attached hydrogen (secondary N) is 1. The third-order valence-electron chi connectivity index (χ3n) is 9.09. The lowest BCUT2D eigenvalue weighted by Gasteiger charge is -2.15. The number of unbranched alkanes of at least 4 members (excludes halogenated alkanes) is 14. The van der Waals surface area contributed by atoms with Gasteiger partial charge in [0.1, 0.15) is 12.7 Å². The molecule has 0 saturated heterocycles. The Balaban J connectivity index is 3.71. The molecule has 1 amide bonds. The van der Waals surface area contributed by atoms with Crippen molar-refractivity contribution in [1.82, 2.24) is 5.32 Å². The van der Waals surface area contributed by atoms with Crippen LogP contribution in [0.2, 0.25) is 0 Å². The summed E-state index contributed by atoms with van der Waals surface area (Å²) in [5.74, 6) is -0.580. The van der Waals surface area contributed by atoms with E-state index in [4.69, 9.17) is 13.8 Å². The Morgan fingerprint density at radius 1 is 0.552 bits per heavy atom. The van der Waals surface area contributed by atoms with Gasteiger partial charge in [-0.1, -0.05) is 182 Å². The van der Waals surface area contributed by atoms with Gasteiger partial charge >= 0.3 is 13.8 Å². The SMILES string of the molecule is CC/C=C\C/C=C\C/C=C\C/C=C\C/C=C\C/C=C\C/C=C\CCCC(=O)NCCOP(=O)(O)OCC(O)COC(=O)CCCCCCCCCCCCCCCC. The number of rotatable bonds is 41. The van der Waals surface area contributed by atoms with Crippen LogP contribution in [0.3, 0.4) is 0 Å². The smallest absolute Gasteiger partial charge is 0.463 e. The second-order valence-electron chi connectivity index (χ2n) is 14.6. The monoisotopic (exact) mass is 832 g/mol. The van der Waals surface area contributed by atoms with Crippen LogP contribution in [0.4, 0.5) is 0 Å². The maximum Gasteiger partial charge on any atom is 0.472 e. The molecule has 0 heterocycles. The molecule has 0 bridgehead atoms. The van der Waals surface area contributed by atoms with Crippen molar-refractivity contribution in [1.29, 1.82) is 0 Å². The fraction of sp³-hybridized carbons (Fsp3) is 0.667. The molecular formula is C48H82NO8P. The Kier molecular flexibility index (Phi) is 41.6. The van der Waals surface area contributed by atoms with Gasteiger partial charge < -0.3 is 20.1 Å². The Bertz CT molecular complexity index is 1220. The zero-order chi connectivity index (χ0) is 42.5.